The molecule has 106 valence electrons. The number of carbonyl (C=O) groups excluding carboxylic acids is 1. The highest BCUT2D eigenvalue weighted by Crippen LogP contribution is 2.22. The number of halogens is 1. The molecule has 0 aliphatic rings. The predicted octanol–water partition coefficient (Wildman–Crippen LogP) is 2.93. The van der Waals surface area contributed by atoms with Crippen LogP contribution in [-0.2, 0) is 0 Å². The lowest BCUT2D eigenvalue weighted by Crippen LogP contribution is -2.15. The zero-order valence-corrected chi connectivity index (χ0v) is 11.5. The number of ether oxygens (including phenoxy) is 1. The second-order valence-corrected chi connectivity index (χ2v) is 4.63. The number of rotatable bonds is 4. The Morgan fingerprint density at radius 3 is 2.80 bits per heavy atom. The average molecular weight is 277 g/mol. The second-order valence-electron chi connectivity index (χ2n) is 4.63. The van der Waals surface area contributed by atoms with Crippen LogP contribution in [0.15, 0.2) is 24.3 Å². The molecule has 0 fully saturated rings. The van der Waals surface area contributed by atoms with Gasteiger partial charge in [-0.1, -0.05) is 19.9 Å². The number of nitrogens with one attached hydrogen (secondary N) is 2. The molecule has 5 nitrogen and oxygen atoms in total. The van der Waals surface area contributed by atoms with E-state index in [2.05, 4.69) is 15.5 Å². The Kier molecular flexibility index (Phi) is 4.02. The van der Waals surface area contributed by atoms with Crippen LogP contribution >= 0.6 is 0 Å². The number of aromatic amines is 1. The molecule has 1 aromatic carbocycles. The Morgan fingerprint density at radius 2 is 2.20 bits per heavy atom. The summed E-state index contributed by atoms with van der Waals surface area (Å²) in [6.07, 6.45) is 0. The molecule has 20 heavy (non-hydrogen) atoms. The van der Waals surface area contributed by atoms with Crippen LogP contribution in [0.3, 0.4) is 0 Å². The minimum absolute atomic E-state index is 0.135. The lowest BCUT2D eigenvalue weighted by atomic mass is 10.1. The van der Waals surface area contributed by atoms with Crippen molar-refractivity contribution in [2.75, 3.05) is 12.4 Å². The molecule has 1 heterocycles. The normalized spacial score (nSPS) is 10.7. The quantitative estimate of drug-likeness (QED) is 0.903. The molecular weight excluding hydrogens is 261 g/mol. The van der Waals surface area contributed by atoms with Crippen molar-refractivity contribution in [3.05, 3.63) is 41.3 Å². The molecule has 0 aliphatic heterocycles. The van der Waals surface area contributed by atoms with Crippen LogP contribution in [-0.4, -0.2) is 23.2 Å². The molecule has 6 heteroatoms. The standard InChI is InChI=1S/C14H16FN3O2/c1-8(2)10-7-12(18-17-10)16-14(19)13-9(15)5-4-6-11(13)20-3/h4-8H,1-3H3,(H2,16,17,18,19). The fourth-order valence-corrected chi connectivity index (χ4v) is 1.77. The van der Waals surface area contributed by atoms with Gasteiger partial charge in [-0.25, -0.2) is 4.39 Å². The number of anilines is 1. The van der Waals surface area contributed by atoms with Gasteiger partial charge < -0.3 is 10.1 Å². The smallest absolute Gasteiger partial charge is 0.263 e. The van der Waals surface area contributed by atoms with Gasteiger partial charge in [0.05, 0.1) is 7.11 Å². The Morgan fingerprint density at radius 1 is 1.45 bits per heavy atom. The summed E-state index contributed by atoms with van der Waals surface area (Å²) < 4.78 is 18.8. The number of hydrogen-bond acceptors (Lipinski definition) is 3. The summed E-state index contributed by atoms with van der Waals surface area (Å²) in [6.45, 7) is 4.00. The third kappa shape index (κ3) is 2.79. The molecule has 1 aromatic heterocycles. The average Bonchev–Trinajstić information content (AvgIpc) is 2.86. The Hall–Kier alpha value is -2.37. The molecule has 1 amide bonds. The zero-order valence-electron chi connectivity index (χ0n) is 11.5. The summed E-state index contributed by atoms with van der Waals surface area (Å²) in [7, 11) is 1.39. The van der Waals surface area contributed by atoms with Gasteiger partial charge in [0.2, 0.25) is 0 Å². The van der Waals surface area contributed by atoms with Gasteiger partial charge >= 0.3 is 0 Å². The lowest BCUT2D eigenvalue weighted by molar-refractivity contribution is 0.101. The summed E-state index contributed by atoms with van der Waals surface area (Å²) in [5.74, 6) is -0.439. The van der Waals surface area contributed by atoms with E-state index in [0.29, 0.717) is 5.82 Å². The SMILES string of the molecule is COc1cccc(F)c1C(=O)Nc1cc(C(C)C)[nH]n1. The highest BCUT2D eigenvalue weighted by molar-refractivity contribution is 6.05. The van der Waals surface area contributed by atoms with Gasteiger partial charge in [0.15, 0.2) is 5.82 Å². The maximum absolute atomic E-state index is 13.8. The fraction of sp³-hybridized carbons (Fsp3) is 0.286. The van der Waals surface area contributed by atoms with Crippen molar-refractivity contribution in [2.24, 2.45) is 0 Å². The van der Waals surface area contributed by atoms with E-state index in [4.69, 9.17) is 4.74 Å². The van der Waals surface area contributed by atoms with Crippen molar-refractivity contribution < 1.29 is 13.9 Å². The zero-order chi connectivity index (χ0) is 14.7. The van der Waals surface area contributed by atoms with Gasteiger partial charge in [-0.3, -0.25) is 9.89 Å². The number of nitrogens with zero attached hydrogens (tertiary/aromatic N) is 1. The third-order valence-electron chi connectivity index (χ3n) is 2.88. The van der Waals surface area contributed by atoms with E-state index in [9.17, 15) is 9.18 Å². The van der Waals surface area contributed by atoms with Crippen LogP contribution in [0, 0.1) is 5.82 Å². The summed E-state index contributed by atoms with van der Waals surface area (Å²) in [4.78, 5) is 12.1. The Labute approximate surface area is 116 Å². The van der Waals surface area contributed by atoms with E-state index in [1.807, 2.05) is 13.8 Å². The van der Waals surface area contributed by atoms with E-state index in [0.717, 1.165) is 5.69 Å². The molecule has 0 saturated heterocycles. The Balaban J connectivity index is 2.23. The number of H-pyrrole nitrogens is 1. The van der Waals surface area contributed by atoms with Crippen LogP contribution in [0.25, 0.3) is 0 Å². The van der Waals surface area contributed by atoms with Gasteiger partial charge in [-0.15, -0.1) is 0 Å². The van der Waals surface area contributed by atoms with Crippen molar-refractivity contribution >= 4 is 11.7 Å². The monoisotopic (exact) mass is 277 g/mol. The molecule has 2 rings (SSSR count). The first-order valence-corrected chi connectivity index (χ1v) is 6.22. The van der Waals surface area contributed by atoms with Gasteiger partial charge in [-0.05, 0) is 18.1 Å². The van der Waals surface area contributed by atoms with Gasteiger partial charge in [-0.2, -0.15) is 5.10 Å². The number of carbonyl (C=O) groups is 1. The largest absolute Gasteiger partial charge is 0.496 e. The van der Waals surface area contributed by atoms with Crippen LogP contribution in [0.5, 0.6) is 5.75 Å². The molecule has 0 atom stereocenters. The number of benzene rings is 1. The summed E-state index contributed by atoms with van der Waals surface area (Å²) >= 11 is 0. The van der Waals surface area contributed by atoms with Gasteiger partial charge in [0, 0.05) is 11.8 Å². The first-order chi connectivity index (χ1) is 9.52. The van der Waals surface area contributed by atoms with E-state index >= 15 is 0 Å². The molecule has 0 bridgehead atoms. The second kappa shape index (κ2) is 5.73. The maximum Gasteiger partial charge on any atom is 0.263 e. The van der Waals surface area contributed by atoms with E-state index < -0.39 is 11.7 Å². The van der Waals surface area contributed by atoms with E-state index in [1.54, 1.807) is 6.07 Å². The summed E-state index contributed by atoms with van der Waals surface area (Å²) in [5, 5.41) is 9.33. The Bertz CT molecular complexity index is 623. The van der Waals surface area contributed by atoms with Gasteiger partial charge in [0.1, 0.15) is 17.1 Å². The number of aromatic nitrogens is 2. The molecule has 2 N–H and O–H groups in total. The first kappa shape index (κ1) is 14.0. The summed E-state index contributed by atoms with van der Waals surface area (Å²) in [6, 6.07) is 5.94. The molecule has 0 unspecified atom stereocenters. The first-order valence-electron chi connectivity index (χ1n) is 6.22. The van der Waals surface area contributed by atoms with Gasteiger partial charge in [0.25, 0.3) is 5.91 Å². The molecular formula is C14H16FN3O2. The maximum atomic E-state index is 13.8. The minimum atomic E-state index is -0.638. The van der Waals surface area contributed by atoms with Crippen LogP contribution in [0.4, 0.5) is 10.2 Å². The summed E-state index contributed by atoms with van der Waals surface area (Å²) in [5.41, 5.74) is 0.755. The third-order valence-corrected chi connectivity index (χ3v) is 2.88. The molecule has 2 aromatic rings. The molecule has 0 radical (unpaired) electrons. The van der Waals surface area contributed by atoms with Crippen molar-refractivity contribution in [1.29, 1.82) is 0 Å². The minimum Gasteiger partial charge on any atom is -0.496 e. The topological polar surface area (TPSA) is 67.0 Å². The fourth-order valence-electron chi connectivity index (χ4n) is 1.77. The number of hydrogen-bond donors (Lipinski definition) is 2. The van der Waals surface area contributed by atoms with Crippen LogP contribution < -0.4 is 10.1 Å². The van der Waals surface area contributed by atoms with Crippen LogP contribution in [0.2, 0.25) is 0 Å². The number of methoxy groups -OCH3 is 1. The van der Waals surface area contributed by atoms with Crippen molar-refractivity contribution in [3.8, 4) is 5.75 Å². The van der Waals surface area contributed by atoms with E-state index in [-0.39, 0.29) is 17.2 Å². The van der Waals surface area contributed by atoms with Crippen molar-refractivity contribution in [2.45, 2.75) is 19.8 Å². The van der Waals surface area contributed by atoms with E-state index in [1.165, 1.54) is 25.3 Å². The van der Waals surface area contributed by atoms with Crippen molar-refractivity contribution in [1.82, 2.24) is 10.2 Å². The molecule has 0 spiro atoms. The lowest BCUT2D eigenvalue weighted by Gasteiger charge is -2.08. The predicted molar refractivity (Wildman–Crippen MR) is 73.6 cm³/mol. The molecule has 0 saturated carbocycles. The number of amides is 1. The molecule has 0 aliphatic carbocycles. The van der Waals surface area contributed by atoms with Crippen molar-refractivity contribution in [3.63, 3.8) is 0 Å². The van der Waals surface area contributed by atoms with Crippen LogP contribution in [0.1, 0.15) is 35.8 Å². The highest BCUT2D eigenvalue weighted by Gasteiger charge is 2.18. The highest BCUT2D eigenvalue weighted by atomic mass is 19.1.